The highest BCUT2D eigenvalue weighted by atomic mass is 35.5. The van der Waals surface area contributed by atoms with Crippen LogP contribution in [-0.4, -0.2) is 17.8 Å². The maximum absolute atomic E-state index is 11.0. The van der Waals surface area contributed by atoms with Crippen LogP contribution < -0.4 is 5.32 Å². The van der Waals surface area contributed by atoms with E-state index in [-0.39, 0.29) is 5.91 Å². The Morgan fingerprint density at radius 3 is 2.36 bits per heavy atom. The van der Waals surface area contributed by atoms with Gasteiger partial charge in [0, 0.05) is 6.54 Å². The summed E-state index contributed by atoms with van der Waals surface area (Å²) in [5.41, 5.74) is 0. The normalized spacial score (nSPS) is 12.5. The molecule has 0 aromatic carbocycles. The summed E-state index contributed by atoms with van der Waals surface area (Å²) in [7, 11) is 0. The lowest BCUT2D eigenvalue weighted by Gasteiger charge is -2.05. The van der Waals surface area contributed by atoms with Crippen LogP contribution in [0.3, 0.4) is 0 Å². The minimum absolute atomic E-state index is 0.0553. The summed E-state index contributed by atoms with van der Waals surface area (Å²) in [6, 6.07) is 0. The van der Waals surface area contributed by atoms with Crippen molar-refractivity contribution in [2.24, 2.45) is 0 Å². The van der Waals surface area contributed by atoms with Crippen molar-refractivity contribution in [2.75, 3.05) is 6.54 Å². The van der Waals surface area contributed by atoms with Crippen molar-refractivity contribution in [1.82, 2.24) is 5.32 Å². The number of nitrogens with one attached hydrogen (secondary N) is 1. The van der Waals surface area contributed by atoms with E-state index in [0.29, 0.717) is 0 Å². The Morgan fingerprint density at radius 1 is 1.21 bits per heavy atom. The molecule has 0 radical (unpaired) electrons. The van der Waals surface area contributed by atoms with Gasteiger partial charge in [-0.1, -0.05) is 39.0 Å². The van der Waals surface area contributed by atoms with Crippen LogP contribution in [0.5, 0.6) is 0 Å². The molecule has 0 aliphatic heterocycles. The van der Waals surface area contributed by atoms with E-state index in [9.17, 15) is 4.79 Å². The first kappa shape index (κ1) is 13.8. The van der Waals surface area contributed by atoms with Gasteiger partial charge >= 0.3 is 0 Å². The third-order valence-electron chi connectivity index (χ3n) is 2.19. The quantitative estimate of drug-likeness (QED) is 0.493. The van der Waals surface area contributed by atoms with E-state index in [1.807, 2.05) is 0 Å². The van der Waals surface area contributed by atoms with Gasteiger partial charge in [0.15, 0.2) is 0 Å². The zero-order valence-electron chi connectivity index (χ0n) is 9.31. The first-order valence-corrected chi connectivity index (χ1v) is 6.04. The number of rotatable bonds is 8. The van der Waals surface area contributed by atoms with E-state index in [1.54, 1.807) is 6.92 Å². The molecule has 1 amide bonds. The third-order valence-corrected chi connectivity index (χ3v) is 2.39. The number of unbranched alkanes of at least 4 members (excludes halogenated alkanes) is 5. The predicted molar refractivity (Wildman–Crippen MR) is 61.7 cm³/mol. The van der Waals surface area contributed by atoms with E-state index < -0.39 is 5.38 Å². The van der Waals surface area contributed by atoms with Gasteiger partial charge < -0.3 is 5.32 Å². The molecule has 0 aliphatic carbocycles. The van der Waals surface area contributed by atoms with Crippen molar-refractivity contribution in [3.8, 4) is 0 Å². The van der Waals surface area contributed by atoms with Gasteiger partial charge in [0.1, 0.15) is 5.38 Å². The van der Waals surface area contributed by atoms with Crippen molar-refractivity contribution < 1.29 is 4.79 Å². The molecule has 0 spiro atoms. The Kier molecular flexibility index (Phi) is 9.16. The van der Waals surface area contributed by atoms with Crippen molar-refractivity contribution in [3.05, 3.63) is 0 Å². The molecule has 3 heteroatoms. The van der Waals surface area contributed by atoms with Crippen LogP contribution in [0.1, 0.15) is 52.4 Å². The summed E-state index contributed by atoms with van der Waals surface area (Å²) in [4.78, 5) is 11.0. The third kappa shape index (κ3) is 8.36. The van der Waals surface area contributed by atoms with Crippen LogP contribution in [0.15, 0.2) is 0 Å². The predicted octanol–water partition coefficient (Wildman–Crippen LogP) is 3.09. The van der Waals surface area contributed by atoms with Crippen LogP contribution in [0.2, 0.25) is 0 Å². The summed E-state index contributed by atoms with van der Waals surface area (Å²) in [6.07, 6.45) is 7.47. The topological polar surface area (TPSA) is 29.1 Å². The van der Waals surface area contributed by atoms with Crippen LogP contribution >= 0.6 is 11.6 Å². The van der Waals surface area contributed by atoms with E-state index in [0.717, 1.165) is 13.0 Å². The first-order valence-electron chi connectivity index (χ1n) is 5.60. The van der Waals surface area contributed by atoms with Crippen molar-refractivity contribution in [3.63, 3.8) is 0 Å². The lowest BCUT2D eigenvalue weighted by Crippen LogP contribution is -2.30. The summed E-state index contributed by atoms with van der Waals surface area (Å²) < 4.78 is 0. The fourth-order valence-corrected chi connectivity index (χ4v) is 1.33. The van der Waals surface area contributed by atoms with Gasteiger partial charge in [-0.05, 0) is 13.3 Å². The lowest BCUT2D eigenvalue weighted by atomic mass is 10.1. The minimum atomic E-state index is -0.407. The number of carbonyl (C=O) groups excluding carboxylic acids is 1. The highest BCUT2D eigenvalue weighted by Crippen LogP contribution is 2.04. The summed E-state index contributed by atoms with van der Waals surface area (Å²) >= 11 is 5.60. The molecule has 0 aliphatic rings. The Labute approximate surface area is 92.4 Å². The van der Waals surface area contributed by atoms with Crippen LogP contribution in [0, 0.1) is 0 Å². The monoisotopic (exact) mass is 219 g/mol. The number of halogens is 1. The lowest BCUT2D eigenvalue weighted by molar-refractivity contribution is -0.120. The smallest absolute Gasteiger partial charge is 0.237 e. The average Bonchev–Trinajstić information content (AvgIpc) is 2.16. The van der Waals surface area contributed by atoms with E-state index in [4.69, 9.17) is 11.6 Å². The zero-order valence-corrected chi connectivity index (χ0v) is 10.1. The summed E-state index contributed by atoms with van der Waals surface area (Å²) in [6.45, 7) is 4.67. The summed E-state index contributed by atoms with van der Waals surface area (Å²) in [5, 5.41) is 2.39. The molecular weight excluding hydrogens is 198 g/mol. The van der Waals surface area contributed by atoms with Crippen molar-refractivity contribution in [1.29, 1.82) is 0 Å². The molecule has 0 bridgehead atoms. The fraction of sp³-hybridized carbons (Fsp3) is 0.909. The molecule has 0 aromatic heterocycles. The van der Waals surface area contributed by atoms with Gasteiger partial charge in [0.05, 0.1) is 0 Å². The molecule has 1 N–H and O–H groups in total. The SMILES string of the molecule is CCCCCCCCNC(=O)C(C)Cl. The van der Waals surface area contributed by atoms with Crippen LogP contribution in [0.4, 0.5) is 0 Å². The van der Waals surface area contributed by atoms with Crippen molar-refractivity contribution >= 4 is 17.5 Å². The average molecular weight is 220 g/mol. The number of alkyl halides is 1. The van der Waals surface area contributed by atoms with E-state index in [1.165, 1.54) is 32.1 Å². The molecule has 1 atom stereocenters. The van der Waals surface area contributed by atoms with Crippen molar-refractivity contribution in [2.45, 2.75) is 57.7 Å². The zero-order chi connectivity index (χ0) is 10.8. The molecule has 0 aromatic rings. The van der Waals surface area contributed by atoms with E-state index >= 15 is 0 Å². The molecule has 2 nitrogen and oxygen atoms in total. The molecule has 0 heterocycles. The molecule has 1 unspecified atom stereocenters. The van der Waals surface area contributed by atoms with Crippen LogP contribution in [0.25, 0.3) is 0 Å². The highest BCUT2D eigenvalue weighted by molar-refractivity contribution is 6.30. The molecule has 14 heavy (non-hydrogen) atoms. The van der Waals surface area contributed by atoms with Gasteiger partial charge in [0.2, 0.25) is 5.91 Å². The second kappa shape index (κ2) is 9.32. The van der Waals surface area contributed by atoms with Gasteiger partial charge in [-0.25, -0.2) is 0 Å². The second-order valence-electron chi connectivity index (χ2n) is 3.67. The molecule has 0 saturated carbocycles. The maximum atomic E-state index is 11.0. The molecule has 0 rings (SSSR count). The first-order chi connectivity index (χ1) is 6.68. The van der Waals surface area contributed by atoms with Crippen LogP contribution in [-0.2, 0) is 4.79 Å². The largest absolute Gasteiger partial charge is 0.355 e. The molecule has 0 fully saturated rings. The van der Waals surface area contributed by atoms with Gasteiger partial charge in [-0.3, -0.25) is 4.79 Å². The number of hydrogen-bond donors (Lipinski definition) is 1. The summed E-state index contributed by atoms with van der Waals surface area (Å²) in [5.74, 6) is -0.0553. The van der Waals surface area contributed by atoms with Gasteiger partial charge in [-0.2, -0.15) is 0 Å². The minimum Gasteiger partial charge on any atom is -0.355 e. The van der Waals surface area contributed by atoms with Gasteiger partial charge in [0.25, 0.3) is 0 Å². The molecule has 84 valence electrons. The maximum Gasteiger partial charge on any atom is 0.237 e. The fourth-order valence-electron chi connectivity index (χ4n) is 1.26. The Balaban J connectivity index is 3.10. The Bertz CT molecular complexity index is 148. The molecular formula is C11H22ClNO. The Hall–Kier alpha value is -0.240. The standard InChI is InChI=1S/C11H22ClNO/c1-3-4-5-6-7-8-9-13-11(14)10(2)12/h10H,3-9H2,1-2H3,(H,13,14). The number of amides is 1. The van der Waals surface area contributed by atoms with Gasteiger partial charge in [-0.15, -0.1) is 11.6 Å². The number of carbonyl (C=O) groups is 1. The Morgan fingerprint density at radius 2 is 1.79 bits per heavy atom. The second-order valence-corrected chi connectivity index (χ2v) is 4.33. The number of hydrogen-bond acceptors (Lipinski definition) is 1. The van der Waals surface area contributed by atoms with E-state index in [2.05, 4.69) is 12.2 Å². The molecule has 0 saturated heterocycles. The highest BCUT2D eigenvalue weighted by Gasteiger charge is 2.06.